The third kappa shape index (κ3) is 2.67. The molecule has 15 heavy (non-hydrogen) atoms. The van der Waals surface area contributed by atoms with Gasteiger partial charge in [0.25, 0.3) is 0 Å². The summed E-state index contributed by atoms with van der Waals surface area (Å²) >= 11 is 1.69. The van der Waals surface area contributed by atoms with Gasteiger partial charge >= 0.3 is 0 Å². The molecule has 1 aromatic carbocycles. The quantitative estimate of drug-likeness (QED) is 0.800. The van der Waals surface area contributed by atoms with E-state index in [0.29, 0.717) is 0 Å². The van der Waals surface area contributed by atoms with Gasteiger partial charge in [0.1, 0.15) is 5.75 Å². The summed E-state index contributed by atoms with van der Waals surface area (Å²) in [5.74, 6) is 1.72. The van der Waals surface area contributed by atoms with Gasteiger partial charge in [-0.05, 0) is 43.5 Å². The predicted octanol–water partition coefficient (Wildman–Crippen LogP) is 2.70. The molecule has 0 atom stereocenters. The molecule has 0 saturated heterocycles. The van der Waals surface area contributed by atoms with Crippen LogP contribution in [0.4, 0.5) is 0 Å². The van der Waals surface area contributed by atoms with E-state index in [1.165, 1.54) is 16.0 Å². The molecule has 0 bridgehead atoms. The Hall–Kier alpha value is -0.670. The minimum Gasteiger partial charge on any atom is -0.496 e. The summed E-state index contributed by atoms with van der Waals surface area (Å²) in [6.45, 7) is 6.43. The fourth-order valence-electron chi connectivity index (χ4n) is 1.64. The lowest BCUT2D eigenvalue weighted by molar-refractivity contribution is 0.322. The highest BCUT2D eigenvalue weighted by Crippen LogP contribution is 2.33. The van der Waals surface area contributed by atoms with Gasteiger partial charge in [-0.25, -0.2) is 0 Å². The molecule has 0 aromatic heterocycles. The highest BCUT2D eigenvalue weighted by Gasteiger charge is 2.10. The molecule has 1 aromatic rings. The average Bonchev–Trinajstić information content (AvgIpc) is 2.22. The Kier molecular flexibility index (Phi) is 4.48. The van der Waals surface area contributed by atoms with Gasteiger partial charge in [-0.15, -0.1) is 11.8 Å². The van der Waals surface area contributed by atoms with Crippen molar-refractivity contribution in [1.82, 2.24) is 0 Å². The van der Waals surface area contributed by atoms with Crippen LogP contribution in [0.15, 0.2) is 11.0 Å². The van der Waals surface area contributed by atoms with Crippen molar-refractivity contribution in [3.05, 3.63) is 22.8 Å². The van der Waals surface area contributed by atoms with Gasteiger partial charge in [0.2, 0.25) is 0 Å². The van der Waals surface area contributed by atoms with E-state index in [1.807, 2.05) is 6.92 Å². The van der Waals surface area contributed by atoms with E-state index in [4.69, 9.17) is 9.84 Å². The first-order valence-corrected chi connectivity index (χ1v) is 5.98. The number of aliphatic hydroxyl groups is 1. The van der Waals surface area contributed by atoms with E-state index in [0.717, 1.165) is 17.1 Å². The second kappa shape index (κ2) is 5.42. The lowest BCUT2D eigenvalue weighted by Crippen LogP contribution is -1.96. The fraction of sp³-hybridized carbons (Fsp3) is 0.500. The minimum absolute atomic E-state index is 0.216. The Morgan fingerprint density at radius 2 is 1.93 bits per heavy atom. The molecule has 0 fully saturated rings. The topological polar surface area (TPSA) is 29.5 Å². The molecule has 0 unspecified atom stereocenters. The molecule has 0 aliphatic rings. The lowest BCUT2D eigenvalue weighted by atomic mass is 10.1. The summed E-state index contributed by atoms with van der Waals surface area (Å²) in [5.41, 5.74) is 3.59. The van der Waals surface area contributed by atoms with E-state index < -0.39 is 0 Å². The molecular weight excluding hydrogens is 208 g/mol. The molecule has 0 heterocycles. The summed E-state index contributed by atoms with van der Waals surface area (Å²) in [5, 5.41) is 8.81. The molecule has 0 aliphatic carbocycles. The van der Waals surface area contributed by atoms with Crippen molar-refractivity contribution >= 4 is 11.8 Å². The van der Waals surface area contributed by atoms with Gasteiger partial charge in [-0.2, -0.15) is 0 Å². The average molecular weight is 226 g/mol. The molecule has 0 saturated carbocycles. The van der Waals surface area contributed by atoms with Crippen molar-refractivity contribution in [2.24, 2.45) is 0 Å². The molecule has 0 radical (unpaired) electrons. The Balaban J connectivity index is 3.10. The van der Waals surface area contributed by atoms with Crippen LogP contribution in [0.1, 0.15) is 16.7 Å². The number of hydrogen-bond acceptors (Lipinski definition) is 3. The normalized spacial score (nSPS) is 10.5. The zero-order chi connectivity index (χ0) is 11.4. The van der Waals surface area contributed by atoms with E-state index in [1.54, 1.807) is 18.9 Å². The van der Waals surface area contributed by atoms with Crippen LogP contribution in [0.2, 0.25) is 0 Å². The van der Waals surface area contributed by atoms with Crippen molar-refractivity contribution in [1.29, 1.82) is 0 Å². The summed E-state index contributed by atoms with van der Waals surface area (Å²) in [7, 11) is 1.70. The van der Waals surface area contributed by atoms with Crippen LogP contribution in [-0.2, 0) is 0 Å². The summed E-state index contributed by atoms with van der Waals surface area (Å²) < 4.78 is 5.36. The van der Waals surface area contributed by atoms with Crippen molar-refractivity contribution in [3.63, 3.8) is 0 Å². The Bertz CT molecular complexity index is 348. The second-order valence-electron chi connectivity index (χ2n) is 3.55. The molecule has 0 amide bonds. The molecule has 84 valence electrons. The third-order valence-electron chi connectivity index (χ3n) is 2.53. The second-order valence-corrected chi connectivity index (χ2v) is 4.68. The highest BCUT2D eigenvalue weighted by atomic mass is 32.2. The van der Waals surface area contributed by atoms with Crippen LogP contribution in [0.3, 0.4) is 0 Å². The number of aryl methyl sites for hydroxylation is 1. The van der Waals surface area contributed by atoms with E-state index in [2.05, 4.69) is 19.9 Å². The lowest BCUT2D eigenvalue weighted by Gasteiger charge is -2.14. The minimum atomic E-state index is 0.216. The number of aliphatic hydroxyl groups excluding tert-OH is 1. The molecule has 1 N–H and O–H groups in total. The number of rotatable bonds is 4. The Labute approximate surface area is 95.7 Å². The van der Waals surface area contributed by atoms with Crippen LogP contribution in [0, 0.1) is 20.8 Å². The van der Waals surface area contributed by atoms with Gasteiger partial charge in [0, 0.05) is 10.6 Å². The third-order valence-corrected chi connectivity index (χ3v) is 3.65. The van der Waals surface area contributed by atoms with Crippen LogP contribution in [0.25, 0.3) is 0 Å². The van der Waals surface area contributed by atoms with Crippen molar-refractivity contribution in [2.75, 3.05) is 19.5 Å². The fourth-order valence-corrected chi connectivity index (χ4v) is 2.58. The first kappa shape index (κ1) is 12.4. The molecule has 0 spiro atoms. The Morgan fingerprint density at radius 3 is 2.47 bits per heavy atom. The van der Waals surface area contributed by atoms with Crippen molar-refractivity contribution in [2.45, 2.75) is 25.7 Å². The predicted molar refractivity (Wildman–Crippen MR) is 65.0 cm³/mol. The first-order chi connectivity index (χ1) is 7.11. The number of hydrogen-bond donors (Lipinski definition) is 1. The van der Waals surface area contributed by atoms with E-state index in [-0.39, 0.29) is 6.61 Å². The van der Waals surface area contributed by atoms with Crippen LogP contribution < -0.4 is 4.74 Å². The summed E-state index contributed by atoms with van der Waals surface area (Å²) in [4.78, 5) is 1.24. The monoisotopic (exact) mass is 226 g/mol. The number of methoxy groups -OCH3 is 1. The molecule has 2 nitrogen and oxygen atoms in total. The van der Waals surface area contributed by atoms with Crippen LogP contribution >= 0.6 is 11.8 Å². The SMILES string of the molecule is COc1c(C)cc(SCCO)c(C)c1C. The summed E-state index contributed by atoms with van der Waals surface area (Å²) in [6, 6.07) is 2.13. The Morgan fingerprint density at radius 1 is 1.27 bits per heavy atom. The van der Waals surface area contributed by atoms with Crippen LogP contribution in [0.5, 0.6) is 5.75 Å². The standard InChI is InChI=1S/C12H18O2S/c1-8-7-11(15-6-5-13)9(2)10(3)12(8)14-4/h7,13H,5-6H2,1-4H3. The van der Waals surface area contributed by atoms with Crippen molar-refractivity contribution < 1.29 is 9.84 Å². The van der Waals surface area contributed by atoms with E-state index >= 15 is 0 Å². The molecular formula is C12H18O2S. The summed E-state index contributed by atoms with van der Waals surface area (Å²) in [6.07, 6.45) is 0. The van der Waals surface area contributed by atoms with Crippen molar-refractivity contribution in [3.8, 4) is 5.75 Å². The van der Waals surface area contributed by atoms with Gasteiger partial charge in [-0.1, -0.05) is 0 Å². The van der Waals surface area contributed by atoms with E-state index in [9.17, 15) is 0 Å². The number of benzene rings is 1. The zero-order valence-corrected chi connectivity index (χ0v) is 10.6. The maximum absolute atomic E-state index is 8.81. The molecule has 0 aliphatic heterocycles. The number of ether oxygens (including phenoxy) is 1. The first-order valence-electron chi connectivity index (χ1n) is 5.00. The van der Waals surface area contributed by atoms with Gasteiger partial charge in [0.15, 0.2) is 0 Å². The van der Waals surface area contributed by atoms with Gasteiger partial charge in [0.05, 0.1) is 13.7 Å². The smallest absolute Gasteiger partial charge is 0.125 e. The maximum Gasteiger partial charge on any atom is 0.125 e. The highest BCUT2D eigenvalue weighted by molar-refractivity contribution is 7.99. The van der Waals surface area contributed by atoms with Gasteiger partial charge in [-0.3, -0.25) is 0 Å². The van der Waals surface area contributed by atoms with Crippen LogP contribution in [-0.4, -0.2) is 24.6 Å². The zero-order valence-electron chi connectivity index (χ0n) is 9.76. The maximum atomic E-state index is 8.81. The number of thioether (sulfide) groups is 1. The molecule has 3 heteroatoms. The van der Waals surface area contributed by atoms with Gasteiger partial charge < -0.3 is 9.84 Å². The largest absolute Gasteiger partial charge is 0.496 e. The molecule has 1 rings (SSSR count).